The summed E-state index contributed by atoms with van der Waals surface area (Å²) in [5.74, 6) is 0. The maximum atomic E-state index is 5.92. The smallest absolute Gasteiger partial charge is 0.0649 e. The van der Waals surface area contributed by atoms with E-state index in [0.717, 1.165) is 30.2 Å². The number of nitrogens with zero attached hydrogens (tertiary/aromatic N) is 2. The minimum Gasteiger partial charge on any atom is -0.383 e. The maximum absolute atomic E-state index is 5.92. The SMILES string of the molecule is CCc1c(CNCCOC)cnn1-c1ccc(Cl)cc1. The van der Waals surface area contributed by atoms with Gasteiger partial charge in [-0.25, -0.2) is 4.68 Å². The van der Waals surface area contributed by atoms with Crippen LogP contribution in [-0.4, -0.2) is 30.0 Å². The molecule has 0 aliphatic rings. The number of nitrogens with one attached hydrogen (secondary N) is 1. The van der Waals surface area contributed by atoms with E-state index in [0.29, 0.717) is 6.61 Å². The summed E-state index contributed by atoms with van der Waals surface area (Å²) >= 11 is 5.92. The van der Waals surface area contributed by atoms with Crippen LogP contribution in [-0.2, 0) is 17.7 Å². The van der Waals surface area contributed by atoms with Gasteiger partial charge in [0.25, 0.3) is 0 Å². The summed E-state index contributed by atoms with van der Waals surface area (Å²) in [6, 6.07) is 7.73. The normalized spacial score (nSPS) is 10.9. The van der Waals surface area contributed by atoms with Crippen molar-refractivity contribution in [3.8, 4) is 5.69 Å². The number of ether oxygens (including phenoxy) is 1. The lowest BCUT2D eigenvalue weighted by Gasteiger charge is -2.09. The molecule has 5 heteroatoms. The van der Waals surface area contributed by atoms with Crippen molar-refractivity contribution in [2.24, 2.45) is 0 Å². The molecule has 0 unspecified atom stereocenters. The molecule has 0 atom stereocenters. The number of rotatable bonds is 7. The predicted molar refractivity (Wildman–Crippen MR) is 81.5 cm³/mol. The molecular formula is C15H20ClN3O. The van der Waals surface area contributed by atoms with Crippen LogP contribution in [0.2, 0.25) is 5.02 Å². The van der Waals surface area contributed by atoms with Gasteiger partial charge in [-0.2, -0.15) is 5.10 Å². The van der Waals surface area contributed by atoms with E-state index >= 15 is 0 Å². The fourth-order valence-electron chi connectivity index (χ4n) is 2.13. The quantitative estimate of drug-likeness (QED) is 0.798. The second-order valence-corrected chi connectivity index (χ2v) is 4.96. The number of aromatic nitrogens is 2. The largest absolute Gasteiger partial charge is 0.383 e. The van der Waals surface area contributed by atoms with Crippen LogP contribution in [0, 0.1) is 0 Å². The molecule has 4 nitrogen and oxygen atoms in total. The molecule has 0 bridgehead atoms. The number of methoxy groups -OCH3 is 1. The second kappa shape index (κ2) is 7.43. The molecule has 2 aromatic rings. The van der Waals surface area contributed by atoms with Crippen LogP contribution in [0.5, 0.6) is 0 Å². The minimum atomic E-state index is 0.715. The van der Waals surface area contributed by atoms with Crippen molar-refractivity contribution in [3.63, 3.8) is 0 Å². The molecule has 0 amide bonds. The molecule has 108 valence electrons. The molecule has 1 aromatic carbocycles. The zero-order valence-electron chi connectivity index (χ0n) is 11.9. The molecule has 0 radical (unpaired) electrons. The number of halogens is 1. The summed E-state index contributed by atoms with van der Waals surface area (Å²) in [7, 11) is 1.71. The number of hydrogen-bond donors (Lipinski definition) is 1. The van der Waals surface area contributed by atoms with Crippen LogP contribution in [0.3, 0.4) is 0 Å². The highest BCUT2D eigenvalue weighted by atomic mass is 35.5. The average Bonchev–Trinajstić information content (AvgIpc) is 2.87. The fraction of sp³-hybridized carbons (Fsp3) is 0.400. The van der Waals surface area contributed by atoms with Crippen molar-refractivity contribution >= 4 is 11.6 Å². The molecule has 1 aromatic heterocycles. The van der Waals surface area contributed by atoms with E-state index in [1.165, 1.54) is 11.3 Å². The summed E-state index contributed by atoms with van der Waals surface area (Å²) < 4.78 is 7.00. The highest BCUT2D eigenvalue weighted by Gasteiger charge is 2.10. The van der Waals surface area contributed by atoms with Gasteiger partial charge in [0.1, 0.15) is 0 Å². The van der Waals surface area contributed by atoms with Gasteiger partial charge in [0.15, 0.2) is 0 Å². The zero-order valence-corrected chi connectivity index (χ0v) is 12.7. The first-order valence-corrected chi connectivity index (χ1v) is 7.15. The van der Waals surface area contributed by atoms with E-state index in [1.54, 1.807) is 7.11 Å². The topological polar surface area (TPSA) is 39.1 Å². The Kier molecular flexibility index (Phi) is 5.59. The Labute approximate surface area is 124 Å². The van der Waals surface area contributed by atoms with Gasteiger partial charge >= 0.3 is 0 Å². The molecule has 1 N–H and O–H groups in total. The van der Waals surface area contributed by atoms with Gasteiger partial charge in [-0.05, 0) is 30.7 Å². The van der Waals surface area contributed by atoms with Gasteiger partial charge in [-0.3, -0.25) is 0 Å². The van der Waals surface area contributed by atoms with Crippen molar-refractivity contribution in [2.45, 2.75) is 19.9 Å². The summed E-state index contributed by atoms with van der Waals surface area (Å²) in [4.78, 5) is 0. The molecule has 2 rings (SSSR count). The summed E-state index contributed by atoms with van der Waals surface area (Å²) in [6.45, 7) is 4.50. The second-order valence-electron chi connectivity index (χ2n) is 4.53. The van der Waals surface area contributed by atoms with Gasteiger partial charge < -0.3 is 10.1 Å². The van der Waals surface area contributed by atoms with Crippen molar-refractivity contribution in [2.75, 3.05) is 20.3 Å². The Morgan fingerprint density at radius 3 is 2.70 bits per heavy atom. The van der Waals surface area contributed by atoms with Crippen molar-refractivity contribution < 1.29 is 4.74 Å². The first-order chi connectivity index (χ1) is 9.76. The zero-order chi connectivity index (χ0) is 14.4. The third kappa shape index (κ3) is 3.60. The van der Waals surface area contributed by atoms with E-state index < -0.39 is 0 Å². The van der Waals surface area contributed by atoms with Gasteiger partial charge in [0.05, 0.1) is 18.5 Å². The lowest BCUT2D eigenvalue weighted by atomic mass is 10.2. The van der Waals surface area contributed by atoms with Crippen LogP contribution >= 0.6 is 11.6 Å². The molecular weight excluding hydrogens is 274 g/mol. The Morgan fingerprint density at radius 2 is 2.05 bits per heavy atom. The standard InChI is InChI=1S/C15H20ClN3O/c1-3-15-12(10-17-8-9-20-2)11-18-19(15)14-6-4-13(16)5-7-14/h4-7,11,17H,3,8-10H2,1-2H3. The fourth-order valence-corrected chi connectivity index (χ4v) is 2.26. The van der Waals surface area contributed by atoms with E-state index in [2.05, 4.69) is 17.3 Å². The maximum Gasteiger partial charge on any atom is 0.0649 e. The minimum absolute atomic E-state index is 0.715. The average molecular weight is 294 g/mol. The Balaban J connectivity index is 2.14. The lowest BCUT2D eigenvalue weighted by molar-refractivity contribution is 0.199. The summed E-state index contributed by atoms with van der Waals surface area (Å²) in [5.41, 5.74) is 3.48. The molecule has 0 saturated heterocycles. The molecule has 0 fully saturated rings. The Morgan fingerprint density at radius 1 is 1.30 bits per heavy atom. The molecule has 1 heterocycles. The number of benzene rings is 1. The lowest BCUT2D eigenvalue weighted by Crippen LogP contribution is -2.19. The monoisotopic (exact) mass is 293 g/mol. The van der Waals surface area contributed by atoms with Crippen LogP contribution < -0.4 is 5.32 Å². The summed E-state index contributed by atoms with van der Waals surface area (Å²) in [6.07, 6.45) is 2.86. The van der Waals surface area contributed by atoms with Gasteiger partial charge in [-0.1, -0.05) is 18.5 Å². The van der Waals surface area contributed by atoms with E-state index in [4.69, 9.17) is 16.3 Å². The Bertz CT molecular complexity index is 537. The van der Waals surface area contributed by atoms with E-state index in [1.807, 2.05) is 35.1 Å². The van der Waals surface area contributed by atoms with Crippen LogP contribution in [0.25, 0.3) is 5.69 Å². The highest BCUT2D eigenvalue weighted by Crippen LogP contribution is 2.18. The number of hydrogen-bond acceptors (Lipinski definition) is 3. The first-order valence-electron chi connectivity index (χ1n) is 6.77. The summed E-state index contributed by atoms with van der Waals surface area (Å²) in [5, 5.41) is 8.58. The molecule has 0 aliphatic carbocycles. The highest BCUT2D eigenvalue weighted by molar-refractivity contribution is 6.30. The Hall–Kier alpha value is -1.36. The van der Waals surface area contributed by atoms with Crippen molar-refractivity contribution in [3.05, 3.63) is 46.7 Å². The van der Waals surface area contributed by atoms with Gasteiger partial charge in [0, 0.05) is 36.5 Å². The molecule has 0 saturated carbocycles. The third-order valence-electron chi connectivity index (χ3n) is 3.16. The van der Waals surface area contributed by atoms with E-state index in [9.17, 15) is 0 Å². The predicted octanol–water partition coefficient (Wildman–Crippen LogP) is 2.82. The first kappa shape index (κ1) is 15.0. The van der Waals surface area contributed by atoms with Gasteiger partial charge in [-0.15, -0.1) is 0 Å². The van der Waals surface area contributed by atoms with E-state index in [-0.39, 0.29) is 0 Å². The third-order valence-corrected chi connectivity index (χ3v) is 3.41. The molecule has 0 aliphatic heterocycles. The van der Waals surface area contributed by atoms with Crippen LogP contribution in [0.4, 0.5) is 0 Å². The molecule has 0 spiro atoms. The van der Waals surface area contributed by atoms with Gasteiger partial charge in [0.2, 0.25) is 0 Å². The van der Waals surface area contributed by atoms with Crippen LogP contribution in [0.1, 0.15) is 18.2 Å². The van der Waals surface area contributed by atoms with Crippen molar-refractivity contribution in [1.29, 1.82) is 0 Å². The van der Waals surface area contributed by atoms with Crippen molar-refractivity contribution in [1.82, 2.24) is 15.1 Å². The van der Waals surface area contributed by atoms with Crippen LogP contribution in [0.15, 0.2) is 30.5 Å². The molecule has 20 heavy (non-hydrogen) atoms.